The fraction of sp³-hybridized carbons (Fsp3) is 0.350. The van der Waals surface area contributed by atoms with E-state index in [1.165, 1.54) is 0 Å². The monoisotopic (exact) mass is 326 g/mol. The summed E-state index contributed by atoms with van der Waals surface area (Å²) in [4.78, 5) is 13.2. The third kappa shape index (κ3) is 3.98. The van der Waals surface area contributed by atoms with Gasteiger partial charge in [-0.3, -0.25) is 0 Å². The first-order valence-electron chi connectivity index (χ1n) is 8.04. The lowest BCUT2D eigenvalue weighted by Gasteiger charge is -2.31. The van der Waals surface area contributed by atoms with Gasteiger partial charge < -0.3 is 9.53 Å². The molecule has 0 heterocycles. The zero-order valence-corrected chi connectivity index (χ0v) is 15.7. The number of aryl methyl sites for hydroxylation is 1. The topological polar surface area (TPSA) is 26.3 Å². The van der Waals surface area contributed by atoms with Crippen molar-refractivity contribution in [1.29, 1.82) is 0 Å². The average molecular weight is 327 g/mol. The second-order valence-electron chi connectivity index (χ2n) is 7.02. The second kappa shape index (κ2) is 7.24. The number of hydrogen-bond donors (Lipinski definition) is 0. The van der Waals surface area contributed by atoms with E-state index in [9.17, 15) is 4.79 Å². The van der Waals surface area contributed by atoms with E-state index in [0.29, 0.717) is 5.41 Å². The lowest BCUT2D eigenvalue weighted by atomic mass is 9.88. The second-order valence-corrected chi connectivity index (χ2v) is 12.0. The Morgan fingerprint density at radius 2 is 1.52 bits per heavy atom. The molecule has 3 heteroatoms. The Morgan fingerprint density at radius 1 is 0.957 bits per heavy atom. The molecular formula is C20H26O2Si. The molecule has 2 aromatic carbocycles. The van der Waals surface area contributed by atoms with E-state index in [1.807, 2.05) is 42.5 Å². The van der Waals surface area contributed by atoms with Crippen molar-refractivity contribution in [2.24, 2.45) is 0 Å². The van der Waals surface area contributed by atoms with Crippen LogP contribution < -0.4 is 0 Å². The number of hydrogen-bond acceptors (Lipinski definition) is 2. The van der Waals surface area contributed by atoms with Crippen LogP contribution >= 0.6 is 0 Å². The molecule has 0 fully saturated rings. The highest BCUT2D eigenvalue weighted by molar-refractivity contribution is 7.04. The summed E-state index contributed by atoms with van der Waals surface area (Å²) in [5, 5.41) is 0.332. The molecule has 0 aliphatic rings. The minimum Gasteiger partial charge on any atom is -0.376 e. The fourth-order valence-corrected chi connectivity index (χ4v) is 4.19. The Bertz CT molecular complexity index is 659. The summed E-state index contributed by atoms with van der Waals surface area (Å²) in [6.45, 7) is 8.39. The number of ether oxygens (including phenoxy) is 1. The molecule has 0 saturated carbocycles. The maximum Gasteiger partial charge on any atom is 0.124 e. The largest absolute Gasteiger partial charge is 0.376 e. The van der Waals surface area contributed by atoms with Crippen molar-refractivity contribution >= 4 is 13.5 Å². The van der Waals surface area contributed by atoms with Gasteiger partial charge in [-0.1, -0.05) is 74.2 Å². The van der Waals surface area contributed by atoms with E-state index in [2.05, 4.69) is 38.7 Å². The zero-order chi connectivity index (χ0) is 17.0. The molecule has 0 aromatic heterocycles. The van der Waals surface area contributed by atoms with Gasteiger partial charge in [0, 0.05) is 7.11 Å². The van der Waals surface area contributed by atoms with Gasteiger partial charge >= 0.3 is 0 Å². The number of carbonyl (C=O) groups excluding carboxylic acids is 1. The van der Waals surface area contributed by atoms with Gasteiger partial charge in [0.15, 0.2) is 0 Å². The van der Waals surface area contributed by atoms with E-state index >= 15 is 0 Å². The summed E-state index contributed by atoms with van der Waals surface area (Å²) in [7, 11) is -0.256. The highest BCUT2D eigenvalue weighted by Crippen LogP contribution is 2.37. The van der Waals surface area contributed by atoms with Crippen molar-refractivity contribution in [3.63, 3.8) is 0 Å². The number of methoxy groups -OCH3 is 1. The molecule has 122 valence electrons. The number of carbonyl (C=O) groups is 1. The van der Waals surface area contributed by atoms with Crippen LogP contribution in [0.4, 0.5) is 0 Å². The Kier molecular flexibility index (Phi) is 5.55. The van der Waals surface area contributed by atoms with Crippen LogP contribution in [-0.2, 0) is 9.53 Å². The molecule has 0 radical (unpaired) electrons. The van der Waals surface area contributed by atoms with Gasteiger partial charge in [-0.2, -0.15) is 0 Å². The standard InChI is InChI=1S/C20H26O2Si/c1-15-11-9-10-14-17(15)19(22-2)18(20(21)23(3,4)5)16-12-7-6-8-13-16/h6-14,18-19H,1-5H3/t18-,19-/m0/s1. The highest BCUT2D eigenvalue weighted by atomic mass is 28.3. The lowest BCUT2D eigenvalue weighted by molar-refractivity contribution is -0.117. The Labute approximate surface area is 140 Å². The summed E-state index contributed by atoms with van der Waals surface area (Å²) in [6.07, 6.45) is -0.252. The molecule has 0 spiro atoms. The van der Waals surface area contributed by atoms with Gasteiger partial charge in [-0.05, 0) is 23.6 Å². The number of benzene rings is 2. The minimum atomic E-state index is -1.95. The molecule has 0 N–H and O–H groups in total. The first-order chi connectivity index (χ1) is 10.9. The van der Waals surface area contributed by atoms with Crippen LogP contribution in [0.5, 0.6) is 0 Å². The average Bonchev–Trinajstić information content (AvgIpc) is 2.53. The fourth-order valence-electron chi connectivity index (χ4n) is 2.94. The van der Waals surface area contributed by atoms with Crippen LogP contribution in [0.3, 0.4) is 0 Å². The Morgan fingerprint density at radius 3 is 2.04 bits per heavy atom. The summed E-state index contributed by atoms with van der Waals surface area (Å²) in [5.74, 6) is -0.256. The normalized spacial score (nSPS) is 14.3. The van der Waals surface area contributed by atoms with E-state index in [0.717, 1.165) is 16.7 Å². The molecule has 0 unspecified atom stereocenters. The molecule has 2 nitrogen and oxygen atoms in total. The molecule has 23 heavy (non-hydrogen) atoms. The smallest absolute Gasteiger partial charge is 0.124 e. The van der Waals surface area contributed by atoms with Crippen molar-refractivity contribution in [3.8, 4) is 0 Å². The molecule has 2 rings (SSSR count). The first kappa shape index (κ1) is 17.6. The van der Waals surface area contributed by atoms with Crippen LogP contribution in [-0.4, -0.2) is 20.6 Å². The quantitative estimate of drug-likeness (QED) is 0.705. The van der Waals surface area contributed by atoms with Crippen molar-refractivity contribution < 1.29 is 9.53 Å². The van der Waals surface area contributed by atoms with Gasteiger partial charge in [0.1, 0.15) is 13.5 Å². The van der Waals surface area contributed by atoms with Crippen molar-refractivity contribution in [1.82, 2.24) is 0 Å². The van der Waals surface area contributed by atoms with Gasteiger partial charge in [0.25, 0.3) is 0 Å². The van der Waals surface area contributed by atoms with E-state index in [4.69, 9.17) is 4.74 Å². The van der Waals surface area contributed by atoms with Crippen LogP contribution in [0.1, 0.15) is 28.7 Å². The number of rotatable bonds is 6. The van der Waals surface area contributed by atoms with Crippen LogP contribution in [0.15, 0.2) is 54.6 Å². The molecule has 0 bridgehead atoms. The molecule has 0 saturated heterocycles. The third-order valence-corrected chi connectivity index (χ3v) is 6.02. The molecule has 0 aliphatic carbocycles. The summed E-state index contributed by atoms with van der Waals surface area (Å²) in [6, 6.07) is 18.2. The van der Waals surface area contributed by atoms with Gasteiger partial charge in [-0.25, -0.2) is 0 Å². The maximum absolute atomic E-state index is 13.2. The SMILES string of the molecule is CO[C@@H](c1ccccc1C)[C@@H](C(=O)[Si](C)(C)C)c1ccccc1. The van der Waals surface area contributed by atoms with Gasteiger partial charge in [-0.15, -0.1) is 0 Å². The molecule has 0 amide bonds. The Hall–Kier alpha value is -1.71. The lowest BCUT2D eigenvalue weighted by Crippen LogP contribution is -2.40. The molecule has 0 aliphatic heterocycles. The van der Waals surface area contributed by atoms with Gasteiger partial charge in [0.05, 0.1) is 12.0 Å². The van der Waals surface area contributed by atoms with Crippen LogP contribution in [0.25, 0.3) is 0 Å². The molecular weight excluding hydrogens is 300 g/mol. The van der Waals surface area contributed by atoms with Crippen LogP contribution in [0.2, 0.25) is 19.6 Å². The molecule has 2 aromatic rings. The van der Waals surface area contributed by atoms with Crippen LogP contribution in [0, 0.1) is 6.92 Å². The van der Waals surface area contributed by atoms with E-state index in [-0.39, 0.29) is 12.0 Å². The van der Waals surface area contributed by atoms with Gasteiger partial charge in [0.2, 0.25) is 0 Å². The predicted molar refractivity (Wildman–Crippen MR) is 98.5 cm³/mol. The summed E-state index contributed by atoms with van der Waals surface area (Å²) < 4.78 is 5.85. The minimum absolute atomic E-state index is 0.252. The van der Waals surface area contributed by atoms with E-state index in [1.54, 1.807) is 7.11 Å². The molecule has 2 atom stereocenters. The zero-order valence-electron chi connectivity index (χ0n) is 14.7. The summed E-state index contributed by atoms with van der Waals surface area (Å²) >= 11 is 0. The maximum atomic E-state index is 13.2. The van der Waals surface area contributed by atoms with Crippen molar-refractivity contribution in [3.05, 3.63) is 71.3 Å². The first-order valence-corrected chi connectivity index (χ1v) is 11.5. The van der Waals surface area contributed by atoms with E-state index < -0.39 is 8.07 Å². The van der Waals surface area contributed by atoms with Crippen molar-refractivity contribution in [2.45, 2.75) is 38.6 Å². The predicted octanol–water partition coefficient (Wildman–Crippen LogP) is 4.91. The highest BCUT2D eigenvalue weighted by Gasteiger charge is 2.38. The Balaban J connectivity index is 2.56. The summed E-state index contributed by atoms with van der Waals surface area (Å²) in [5.41, 5.74) is 3.29. The third-order valence-electron chi connectivity index (χ3n) is 4.23. The van der Waals surface area contributed by atoms with Crippen molar-refractivity contribution in [2.75, 3.05) is 7.11 Å².